The SMILES string of the molecule is COC(=O)CCc1c(C)nn(-c2ccc(C(=O)Nc3cccc(C(C)C)c3)cc2)c1C. The van der Waals surface area contributed by atoms with Crippen molar-refractivity contribution in [2.45, 2.75) is 46.5 Å². The van der Waals surface area contributed by atoms with Gasteiger partial charge in [-0.2, -0.15) is 5.10 Å². The van der Waals surface area contributed by atoms with Gasteiger partial charge < -0.3 is 10.1 Å². The van der Waals surface area contributed by atoms with Crippen molar-refractivity contribution in [3.05, 3.63) is 76.6 Å². The zero-order valence-electron chi connectivity index (χ0n) is 18.7. The minimum Gasteiger partial charge on any atom is -0.469 e. The van der Waals surface area contributed by atoms with Crippen LogP contribution in [0.25, 0.3) is 5.69 Å². The molecule has 0 saturated carbocycles. The first-order valence-electron chi connectivity index (χ1n) is 10.4. The summed E-state index contributed by atoms with van der Waals surface area (Å²) in [6.45, 7) is 8.16. The van der Waals surface area contributed by atoms with E-state index in [2.05, 4.69) is 30.3 Å². The van der Waals surface area contributed by atoms with Crippen LogP contribution < -0.4 is 5.32 Å². The molecule has 162 valence electrons. The van der Waals surface area contributed by atoms with Crippen LogP contribution in [0.15, 0.2) is 48.5 Å². The fourth-order valence-corrected chi connectivity index (χ4v) is 3.55. The summed E-state index contributed by atoms with van der Waals surface area (Å²) < 4.78 is 6.58. The van der Waals surface area contributed by atoms with Gasteiger partial charge in [-0.15, -0.1) is 0 Å². The summed E-state index contributed by atoms with van der Waals surface area (Å²) in [7, 11) is 1.39. The lowest BCUT2D eigenvalue weighted by atomic mass is 10.0. The van der Waals surface area contributed by atoms with Crippen LogP contribution in [-0.4, -0.2) is 28.8 Å². The monoisotopic (exact) mass is 419 g/mol. The predicted molar refractivity (Wildman–Crippen MR) is 122 cm³/mol. The Morgan fingerprint density at radius 3 is 2.45 bits per heavy atom. The van der Waals surface area contributed by atoms with Gasteiger partial charge in [-0.25, -0.2) is 4.68 Å². The second-order valence-electron chi connectivity index (χ2n) is 7.92. The largest absolute Gasteiger partial charge is 0.469 e. The van der Waals surface area contributed by atoms with Crippen molar-refractivity contribution in [1.29, 1.82) is 0 Å². The van der Waals surface area contributed by atoms with E-state index >= 15 is 0 Å². The first kappa shape index (κ1) is 22.3. The van der Waals surface area contributed by atoms with Crippen LogP contribution in [0.5, 0.6) is 0 Å². The molecule has 6 nitrogen and oxygen atoms in total. The highest BCUT2D eigenvalue weighted by Crippen LogP contribution is 2.21. The third-order valence-corrected chi connectivity index (χ3v) is 5.43. The number of amides is 1. The van der Waals surface area contributed by atoms with Crippen molar-refractivity contribution in [2.75, 3.05) is 12.4 Å². The second-order valence-corrected chi connectivity index (χ2v) is 7.92. The van der Waals surface area contributed by atoms with Gasteiger partial charge in [0.25, 0.3) is 5.91 Å². The summed E-state index contributed by atoms with van der Waals surface area (Å²) in [5.74, 6) is 0.00912. The lowest BCUT2D eigenvalue weighted by molar-refractivity contribution is -0.140. The quantitative estimate of drug-likeness (QED) is 0.549. The number of anilines is 1. The Morgan fingerprint density at radius 1 is 1.10 bits per heavy atom. The van der Waals surface area contributed by atoms with Gasteiger partial charge in [0.05, 0.1) is 18.5 Å². The van der Waals surface area contributed by atoms with Crippen LogP contribution >= 0.6 is 0 Å². The number of carbonyl (C=O) groups excluding carboxylic acids is 2. The minimum absolute atomic E-state index is 0.153. The van der Waals surface area contributed by atoms with Gasteiger partial charge in [0.1, 0.15) is 0 Å². The van der Waals surface area contributed by atoms with Crippen molar-refractivity contribution in [3.63, 3.8) is 0 Å². The minimum atomic E-state index is -0.235. The van der Waals surface area contributed by atoms with Crippen LogP contribution in [0.2, 0.25) is 0 Å². The smallest absolute Gasteiger partial charge is 0.305 e. The van der Waals surface area contributed by atoms with E-state index in [1.165, 1.54) is 12.7 Å². The molecule has 0 fully saturated rings. The molecule has 0 saturated heterocycles. The molecule has 0 spiro atoms. The third kappa shape index (κ3) is 5.20. The summed E-state index contributed by atoms with van der Waals surface area (Å²) in [6.07, 6.45) is 0.904. The number of esters is 1. The number of hydrogen-bond donors (Lipinski definition) is 1. The van der Waals surface area contributed by atoms with Crippen molar-refractivity contribution >= 4 is 17.6 Å². The topological polar surface area (TPSA) is 73.2 Å². The van der Waals surface area contributed by atoms with Crippen LogP contribution in [0.1, 0.15) is 59.1 Å². The number of nitrogens with zero attached hydrogens (tertiary/aromatic N) is 2. The molecule has 3 rings (SSSR count). The number of aromatic nitrogens is 2. The molecular weight excluding hydrogens is 390 g/mol. The molecule has 0 aliphatic heterocycles. The summed E-state index contributed by atoms with van der Waals surface area (Å²) in [5.41, 5.74) is 6.30. The standard InChI is InChI=1S/C25H29N3O3/c1-16(2)20-7-6-8-21(15-20)26-25(30)19-9-11-22(12-10-19)28-18(4)23(17(3)27-28)13-14-24(29)31-5/h6-12,15-16H,13-14H2,1-5H3,(H,26,30). The van der Waals surface area contributed by atoms with Gasteiger partial charge in [-0.1, -0.05) is 26.0 Å². The molecular formula is C25H29N3O3. The number of nitrogens with one attached hydrogen (secondary N) is 1. The number of methoxy groups -OCH3 is 1. The highest BCUT2D eigenvalue weighted by Gasteiger charge is 2.15. The number of ether oxygens (including phenoxy) is 1. The number of carbonyl (C=O) groups is 2. The van der Waals surface area contributed by atoms with Crippen molar-refractivity contribution in [3.8, 4) is 5.69 Å². The van der Waals surface area contributed by atoms with Crippen molar-refractivity contribution in [1.82, 2.24) is 9.78 Å². The average molecular weight is 420 g/mol. The summed E-state index contributed by atoms with van der Waals surface area (Å²) in [4.78, 5) is 24.1. The number of aryl methyl sites for hydroxylation is 1. The maximum Gasteiger partial charge on any atom is 0.305 e. The zero-order valence-corrected chi connectivity index (χ0v) is 18.7. The molecule has 2 aromatic carbocycles. The molecule has 1 aromatic heterocycles. The molecule has 0 atom stereocenters. The normalized spacial score (nSPS) is 10.9. The van der Waals surface area contributed by atoms with Crippen LogP contribution in [0, 0.1) is 13.8 Å². The Bertz CT molecular complexity index is 1080. The highest BCUT2D eigenvalue weighted by molar-refractivity contribution is 6.04. The van der Waals surface area contributed by atoms with Crippen molar-refractivity contribution < 1.29 is 14.3 Å². The van der Waals surface area contributed by atoms with E-state index in [0.717, 1.165) is 28.3 Å². The van der Waals surface area contributed by atoms with Crippen LogP contribution in [-0.2, 0) is 16.0 Å². The Kier molecular flexibility index (Phi) is 6.90. The maximum absolute atomic E-state index is 12.7. The molecule has 1 N–H and O–H groups in total. The zero-order chi connectivity index (χ0) is 22.5. The lowest BCUT2D eigenvalue weighted by Gasteiger charge is -2.10. The molecule has 0 aliphatic carbocycles. The third-order valence-electron chi connectivity index (χ3n) is 5.43. The summed E-state index contributed by atoms with van der Waals surface area (Å²) in [5, 5.41) is 7.58. The molecule has 1 amide bonds. The van der Waals surface area contributed by atoms with Gasteiger partial charge in [0.15, 0.2) is 0 Å². The predicted octanol–water partition coefficient (Wildman–Crippen LogP) is 4.97. The lowest BCUT2D eigenvalue weighted by Crippen LogP contribution is -2.12. The first-order chi connectivity index (χ1) is 14.8. The van der Waals surface area contributed by atoms with Gasteiger partial charge >= 0.3 is 5.97 Å². The molecule has 0 unspecified atom stereocenters. The molecule has 6 heteroatoms. The Labute approximate surface area is 183 Å². The first-order valence-corrected chi connectivity index (χ1v) is 10.4. The van der Waals surface area contributed by atoms with E-state index in [9.17, 15) is 9.59 Å². The maximum atomic E-state index is 12.7. The Morgan fingerprint density at radius 2 is 1.81 bits per heavy atom. The highest BCUT2D eigenvalue weighted by atomic mass is 16.5. The molecule has 1 heterocycles. The van der Waals surface area contributed by atoms with Gasteiger partial charge in [0, 0.05) is 23.4 Å². The van der Waals surface area contributed by atoms with Gasteiger partial charge in [-0.3, -0.25) is 9.59 Å². The molecule has 3 aromatic rings. The summed E-state index contributed by atoms with van der Waals surface area (Å²) >= 11 is 0. The van der Waals surface area contributed by atoms with E-state index in [1.807, 2.05) is 48.9 Å². The van der Waals surface area contributed by atoms with Gasteiger partial charge in [-0.05, 0) is 73.7 Å². The van der Waals surface area contributed by atoms with Gasteiger partial charge in [0.2, 0.25) is 0 Å². The fourth-order valence-electron chi connectivity index (χ4n) is 3.55. The van der Waals surface area contributed by atoms with Crippen molar-refractivity contribution in [2.24, 2.45) is 0 Å². The van der Waals surface area contributed by atoms with E-state index in [0.29, 0.717) is 24.3 Å². The number of hydrogen-bond acceptors (Lipinski definition) is 4. The second kappa shape index (κ2) is 9.60. The molecule has 0 bridgehead atoms. The molecule has 0 radical (unpaired) electrons. The average Bonchev–Trinajstić information content (AvgIpc) is 3.05. The summed E-state index contributed by atoms with van der Waals surface area (Å²) in [6, 6.07) is 15.2. The van der Waals surface area contributed by atoms with E-state index in [1.54, 1.807) is 12.1 Å². The van der Waals surface area contributed by atoms with E-state index in [-0.39, 0.29) is 11.9 Å². The number of benzene rings is 2. The van der Waals surface area contributed by atoms with E-state index in [4.69, 9.17) is 4.74 Å². The molecule has 31 heavy (non-hydrogen) atoms. The Hall–Kier alpha value is -3.41. The Balaban J connectivity index is 1.75. The number of rotatable bonds is 7. The van der Waals surface area contributed by atoms with Crippen LogP contribution in [0.3, 0.4) is 0 Å². The molecule has 0 aliphatic rings. The fraction of sp³-hybridized carbons (Fsp3) is 0.320. The van der Waals surface area contributed by atoms with E-state index < -0.39 is 0 Å². The van der Waals surface area contributed by atoms with Crippen LogP contribution in [0.4, 0.5) is 5.69 Å².